The van der Waals surface area contributed by atoms with Crippen molar-refractivity contribution in [3.8, 4) is 11.3 Å². The molecule has 1 amide bonds. The highest BCUT2D eigenvalue weighted by Crippen LogP contribution is 2.18. The van der Waals surface area contributed by atoms with E-state index in [1.807, 2.05) is 18.2 Å². The third kappa shape index (κ3) is 3.82. The topological polar surface area (TPSA) is 78.0 Å². The maximum Gasteiger partial charge on any atom is 0.251 e. The summed E-state index contributed by atoms with van der Waals surface area (Å²) in [6.45, 7) is 0.128. The maximum absolute atomic E-state index is 12.2. The first-order valence-electron chi connectivity index (χ1n) is 7.45. The van der Waals surface area contributed by atoms with Crippen LogP contribution in [0.3, 0.4) is 0 Å². The van der Waals surface area contributed by atoms with Crippen molar-refractivity contribution in [1.29, 1.82) is 0 Å². The Hall–Kier alpha value is -2.63. The predicted molar refractivity (Wildman–Crippen MR) is 92.8 cm³/mol. The van der Waals surface area contributed by atoms with Gasteiger partial charge in [0.25, 0.3) is 5.91 Å². The molecule has 3 aromatic rings. The van der Waals surface area contributed by atoms with E-state index in [1.165, 1.54) is 0 Å². The number of halogens is 1. The number of aliphatic hydroxyl groups is 1. The summed E-state index contributed by atoms with van der Waals surface area (Å²) in [7, 11) is 0. The summed E-state index contributed by atoms with van der Waals surface area (Å²) < 4.78 is 0. The smallest absolute Gasteiger partial charge is 0.251 e. The van der Waals surface area contributed by atoms with E-state index < -0.39 is 6.10 Å². The fourth-order valence-electron chi connectivity index (χ4n) is 2.31. The van der Waals surface area contributed by atoms with Gasteiger partial charge in [0.2, 0.25) is 0 Å². The minimum absolute atomic E-state index is 0.128. The molecule has 1 atom stereocenters. The Kier molecular flexibility index (Phi) is 4.93. The summed E-state index contributed by atoms with van der Waals surface area (Å²) in [4.78, 5) is 12.2. The van der Waals surface area contributed by atoms with Gasteiger partial charge >= 0.3 is 0 Å². The van der Waals surface area contributed by atoms with Crippen LogP contribution in [0.2, 0.25) is 5.02 Å². The Bertz CT molecular complexity index is 799. The number of carbonyl (C=O) groups excluding carboxylic acids is 1. The molecule has 0 bridgehead atoms. The number of aromatic nitrogens is 2. The van der Waals surface area contributed by atoms with Gasteiger partial charge in [0.05, 0.1) is 11.8 Å². The zero-order chi connectivity index (χ0) is 16.9. The third-order valence-electron chi connectivity index (χ3n) is 3.67. The molecular weight excluding hydrogens is 326 g/mol. The Morgan fingerprint density at radius 3 is 2.46 bits per heavy atom. The number of aliphatic hydroxyl groups excluding tert-OH is 1. The normalized spacial score (nSPS) is 11.9. The molecule has 6 heteroatoms. The van der Waals surface area contributed by atoms with E-state index in [0.717, 1.165) is 11.3 Å². The average molecular weight is 342 g/mol. The summed E-state index contributed by atoms with van der Waals surface area (Å²) in [6.07, 6.45) is 0.893. The van der Waals surface area contributed by atoms with Crippen molar-refractivity contribution in [3.63, 3.8) is 0 Å². The van der Waals surface area contributed by atoms with Crippen LogP contribution in [0.1, 0.15) is 22.0 Å². The lowest BCUT2D eigenvalue weighted by molar-refractivity contribution is 0.0916. The van der Waals surface area contributed by atoms with Crippen LogP contribution in [0.5, 0.6) is 0 Å². The van der Waals surface area contributed by atoms with Crippen LogP contribution >= 0.6 is 11.6 Å². The Morgan fingerprint density at radius 1 is 1.12 bits per heavy atom. The van der Waals surface area contributed by atoms with Crippen molar-refractivity contribution < 1.29 is 9.90 Å². The number of aromatic amines is 1. The lowest BCUT2D eigenvalue weighted by atomic mass is 10.1. The number of nitrogens with one attached hydrogen (secondary N) is 2. The zero-order valence-corrected chi connectivity index (χ0v) is 13.5. The first kappa shape index (κ1) is 16.2. The van der Waals surface area contributed by atoms with Gasteiger partial charge in [-0.15, -0.1) is 0 Å². The fourth-order valence-corrected chi connectivity index (χ4v) is 2.44. The zero-order valence-electron chi connectivity index (χ0n) is 12.7. The highest BCUT2D eigenvalue weighted by Gasteiger charge is 2.11. The summed E-state index contributed by atoms with van der Waals surface area (Å²) in [5.41, 5.74) is 3.07. The SMILES string of the molecule is O=C(NC[C@H](O)c1ccc(Cl)cc1)c1ccc(-c2ccn[nH]2)cc1. The van der Waals surface area contributed by atoms with Crippen LogP contribution in [0.15, 0.2) is 60.8 Å². The molecule has 0 spiro atoms. The highest BCUT2D eigenvalue weighted by molar-refractivity contribution is 6.30. The van der Waals surface area contributed by atoms with Crippen molar-refractivity contribution in [2.45, 2.75) is 6.10 Å². The summed E-state index contributed by atoms with van der Waals surface area (Å²) >= 11 is 5.82. The van der Waals surface area contributed by atoms with E-state index in [1.54, 1.807) is 42.6 Å². The quantitative estimate of drug-likeness (QED) is 0.667. The van der Waals surface area contributed by atoms with Gasteiger partial charge in [-0.1, -0.05) is 35.9 Å². The van der Waals surface area contributed by atoms with Crippen LogP contribution in [0.4, 0.5) is 0 Å². The Balaban J connectivity index is 1.59. The number of hydrogen-bond donors (Lipinski definition) is 3. The minimum Gasteiger partial charge on any atom is -0.387 e. The first-order chi connectivity index (χ1) is 11.6. The van der Waals surface area contributed by atoms with E-state index >= 15 is 0 Å². The Labute approximate surface area is 144 Å². The predicted octanol–water partition coefficient (Wildman–Crippen LogP) is 3.19. The molecule has 0 aliphatic carbocycles. The average Bonchev–Trinajstić information content (AvgIpc) is 3.15. The number of H-pyrrole nitrogens is 1. The largest absolute Gasteiger partial charge is 0.387 e. The number of nitrogens with zero attached hydrogens (tertiary/aromatic N) is 1. The molecule has 3 N–H and O–H groups in total. The summed E-state index contributed by atoms with van der Waals surface area (Å²) in [5, 5.41) is 20.2. The molecule has 2 aromatic carbocycles. The number of hydrogen-bond acceptors (Lipinski definition) is 3. The molecular formula is C18H16ClN3O2. The van der Waals surface area contributed by atoms with Crippen LogP contribution in [-0.2, 0) is 0 Å². The van der Waals surface area contributed by atoms with Crippen molar-refractivity contribution in [2.24, 2.45) is 0 Å². The molecule has 0 aliphatic heterocycles. The second-order valence-corrected chi connectivity index (χ2v) is 5.76. The monoisotopic (exact) mass is 341 g/mol. The molecule has 122 valence electrons. The maximum atomic E-state index is 12.2. The van der Waals surface area contributed by atoms with E-state index in [-0.39, 0.29) is 12.5 Å². The molecule has 0 saturated heterocycles. The lowest BCUT2D eigenvalue weighted by Crippen LogP contribution is -2.28. The second-order valence-electron chi connectivity index (χ2n) is 5.33. The van der Waals surface area contributed by atoms with Crippen molar-refractivity contribution in [1.82, 2.24) is 15.5 Å². The molecule has 0 radical (unpaired) electrons. The van der Waals surface area contributed by atoms with Gasteiger partial charge in [-0.25, -0.2) is 0 Å². The molecule has 24 heavy (non-hydrogen) atoms. The van der Waals surface area contributed by atoms with Gasteiger partial charge in [-0.05, 0) is 41.5 Å². The van der Waals surface area contributed by atoms with E-state index in [2.05, 4.69) is 15.5 Å². The van der Waals surface area contributed by atoms with Crippen LogP contribution in [0, 0.1) is 0 Å². The van der Waals surface area contributed by atoms with Crippen LogP contribution in [-0.4, -0.2) is 27.8 Å². The molecule has 0 unspecified atom stereocenters. The van der Waals surface area contributed by atoms with Crippen molar-refractivity contribution in [2.75, 3.05) is 6.54 Å². The van der Waals surface area contributed by atoms with E-state index in [0.29, 0.717) is 16.1 Å². The molecule has 5 nitrogen and oxygen atoms in total. The van der Waals surface area contributed by atoms with Crippen LogP contribution in [0.25, 0.3) is 11.3 Å². The summed E-state index contributed by atoms with van der Waals surface area (Å²) in [6, 6.07) is 15.9. The number of benzene rings is 2. The first-order valence-corrected chi connectivity index (χ1v) is 7.83. The van der Waals surface area contributed by atoms with Gasteiger partial charge < -0.3 is 10.4 Å². The minimum atomic E-state index is -0.782. The standard InChI is InChI=1S/C18H16ClN3O2/c19-15-7-5-13(6-8-15)17(23)11-20-18(24)14-3-1-12(2-4-14)16-9-10-21-22-16/h1-10,17,23H,11H2,(H,20,24)(H,21,22)/t17-/m0/s1. The van der Waals surface area contributed by atoms with Gasteiger partial charge in [0.1, 0.15) is 0 Å². The fraction of sp³-hybridized carbons (Fsp3) is 0.111. The highest BCUT2D eigenvalue weighted by atomic mass is 35.5. The van der Waals surface area contributed by atoms with Gasteiger partial charge in [-0.3, -0.25) is 9.89 Å². The lowest BCUT2D eigenvalue weighted by Gasteiger charge is -2.12. The van der Waals surface area contributed by atoms with E-state index in [4.69, 9.17) is 11.6 Å². The van der Waals surface area contributed by atoms with Crippen molar-refractivity contribution in [3.05, 3.63) is 76.9 Å². The number of amides is 1. The molecule has 3 rings (SSSR count). The molecule has 1 aromatic heterocycles. The van der Waals surface area contributed by atoms with E-state index in [9.17, 15) is 9.90 Å². The second kappa shape index (κ2) is 7.29. The molecule has 0 fully saturated rings. The van der Waals surface area contributed by atoms with Gasteiger partial charge in [-0.2, -0.15) is 5.10 Å². The van der Waals surface area contributed by atoms with Crippen molar-refractivity contribution >= 4 is 17.5 Å². The van der Waals surface area contributed by atoms with Crippen LogP contribution < -0.4 is 5.32 Å². The third-order valence-corrected chi connectivity index (χ3v) is 3.92. The Morgan fingerprint density at radius 2 is 1.83 bits per heavy atom. The molecule has 0 saturated carbocycles. The molecule has 0 aliphatic rings. The van der Waals surface area contributed by atoms with Gasteiger partial charge in [0, 0.05) is 23.3 Å². The molecule has 1 heterocycles. The summed E-state index contributed by atoms with van der Waals surface area (Å²) in [5.74, 6) is -0.237. The van der Waals surface area contributed by atoms with Gasteiger partial charge in [0.15, 0.2) is 0 Å². The number of carbonyl (C=O) groups is 1. The number of rotatable bonds is 5.